The predicted molar refractivity (Wildman–Crippen MR) is 101 cm³/mol. The van der Waals surface area contributed by atoms with Crippen LogP contribution in [0.4, 0.5) is 0 Å². The molecule has 1 aliphatic rings. The van der Waals surface area contributed by atoms with E-state index in [0.717, 1.165) is 12.6 Å². The standard InChI is InChI=1S/C19H34N2Si/c1-16(15-20-18-10-12-21(2)13-11-18)14-17-6-8-19(9-7-17)22(3,4)5/h6-9,16,18,20H,10-15H2,1-5H3. The minimum Gasteiger partial charge on any atom is -0.314 e. The fourth-order valence-corrected chi connectivity index (χ4v) is 4.36. The summed E-state index contributed by atoms with van der Waals surface area (Å²) in [6, 6.07) is 10.1. The van der Waals surface area contributed by atoms with Crippen LogP contribution < -0.4 is 10.5 Å². The van der Waals surface area contributed by atoms with Crippen molar-refractivity contribution < 1.29 is 0 Å². The summed E-state index contributed by atoms with van der Waals surface area (Å²) in [5.74, 6) is 0.706. The topological polar surface area (TPSA) is 15.3 Å². The molecule has 1 unspecified atom stereocenters. The highest BCUT2D eigenvalue weighted by Crippen LogP contribution is 2.12. The molecule has 2 rings (SSSR count). The highest BCUT2D eigenvalue weighted by Gasteiger charge is 2.17. The highest BCUT2D eigenvalue weighted by atomic mass is 28.3. The minimum atomic E-state index is -1.16. The third-order valence-electron chi connectivity index (χ3n) is 4.88. The Labute approximate surface area is 138 Å². The second-order valence-electron chi connectivity index (χ2n) is 8.24. The van der Waals surface area contributed by atoms with E-state index in [2.05, 4.69) is 68.1 Å². The second kappa shape index (κ2) is 7.76. The quantitative estimate of drug-likeness (QED) is 0.811. The second-order valence-corrected chi connectivity index (χ2v) is 13.3. The van der Waals surface area contributed by atoms with Gasteiger partial charge in [-0.05, 0) is 57.4 Å². The normalized spacial score (nSPS) is 19.3. The maximum atomic E-state index is 3.78. The summed E-state index contributed by atoms with van der Waals surface area (Å²) >= 11 is 0. The van der Waals surface area contributed by atoms with Crippen LogP contribution in [0, 0.1) is 5.92 Å². The number of hydrogen-bond donors (Lipinski definition) is 1. The third kappa shape index (κ3) is 5.53. The fourth-order valence-electron chi connectivity index (χ4n) is 3.20. The van der Waals surface area contributed by atoms with Crippen LogP contribution in [0.2, 0.25) is 19.6 Å². The van der Waals surface area contributed by atoms with Crippen molar-refractivity contribution >= 4 is 13.3 Å². The van der Waals surface area contributed by atoms with Gasteiger partial charge in [-0.3, -0.25) is 0 Å². The van der Waals surface area contributed by atoms with Gasteiger partial charge in [-0.15, -0.1) is 0 Å². The summed E-state index contributed by atoms with van der Waals surface area (Å²) in [5.41, 5.74) is 1.49. The van der Waals surface area contributed by atoms with Crippen molar-refractivity contribution in [3.63, 3.8) is 0 Å². The first-order valence-corrected chi connectivity index (χ1v) is 12.4. The van der Waals surface area contributed by atoms with E-state index in [1.807, 2.05) is 0 Å². The summed E-state index contributed by atoms with van der Waals surface area (Å²) in [6.07, 6.45) is 3.79. The number of benzene rings is 1. The monoisotopic (exact) mass is 318 g/mol. The molecule has 0 radical (unpaired) electrons. The Morgan fingerprint density at radius 2 is 1.73 bits per heavy atom. The van der Waals surface area contributed by atoms with Gasteiger partial charge in [0, 0.05) is 6.04 Å². The maximum Gasteiger partial charge on any atom is 0.0775 e. The van der Waals surface area contributed by atoms with Crippen LogP contribution in [-0.4, -0.2) is 45.7 Å². The summed E-state index contributed by atoms with van der Waals surface area (Å²) in [6.45, 7) is 13.2. The van der Waals surface area contributed by atoms with Crippen molar-refractivity contribution in [1.82, 2.24) is 10.2 Å². The smallest absolute Gasteiger partial charge is 0.0775 e. The number of nitrogens with zero attached hydrogens (tertiary/aromatic N) is 1. The number of nitrogens with one attached hydrogen (secondary N) is 1. The molecule has 1 N–H and O–H groups in total. The van der Waals surface area contributed by atoms with Crippen LogP contribution in [-0.2, 0) is 6.42 Å². The van der Waals surface area contributed by atoms with E-state index in [1.54, 1.807) is 5.19 Å². The molecule has 0 aliphatic carbocycles. The molecule has 1 saturated heterocycles. The van der Waals surface area contributed by atoms with E-state index in [1.165, 1.54) is 37.9 Å². The lowest BCUT2D eigenvalue weighted by Crippen LogP contribution is -2.42. The Morgan fingerprint density at radius 1 is 1.14 bits per heavy atom. The largest absolute Gasteiger partial charge is 0.314 e. The lowest BCUT2D eigenvalue weighted by atomic mass is 9.99. The van der Waals surface area contributed by atoms with Crippen molar-refractivity contribution in [3.8, 4) is 0 Å². The van der Waals surface area contributed by atoms with Gasteiger partial charge in [0.2, 0.25) is 0 Å². The van der Waals surface area contributed by atoms with Gasteiger partial charge in [0.05, 0.1) is 8.07 Å². The van der Waals surface area contributed by atoms with Crippen LogP contribution in [0.15, 0.2) is 24.3 Å². The number of hydrogen-bond acceptors (Lipinski definition) is 2. The summed E-state index contributed by atoms with van der Waals surface area (Å²) in [4.78, 5) is 2.43. The van der Waals surface area contributed by atoms with Crippen LogP contribution in [0.1, 0.15) is 25.3 Å². The molecule has 0 aromatic heterocycles. The fraction of sp³-hybridized carbons (Fsp3) is 0.684. The molecule has 3 heteroatoms. The first-order valence-electron chi connectivity index (χ1n) is 8.86. The first-order chi connectivity index (χ1) is 10.3. The summed E-state index contributed by atoms with van der Waals surface area (Å²) in [7, 11) is 1.07. The zero-order valence-electron chi connectivity index (χ0n) is 15.2. The number of rotatable bonds is 6. The average molecular weight is 319 g/mol. The molecule has 0 saturated carbocycles. The van der Waals surface area contributed by atoms with Gasteiger partial charge in [0.15, 0.2) is 0 Å². The van der Waals surface area contributed by atoms with Crippen LogP contribution >= 0.6 is 0 Å². The maximum absolute atomic E-state index is 3.78. The van der Waals surface area contributed by atoms with Crippen LogP contribution in [0.5, 0.6) is 0 Å². The van der Waals surface area contributed by atoms with E-state index in [0.29, 0.717) is 5.92 Å². The van der Waals surface area contributed by atoms with Crippen LogP contribution in [0.25, 0.3) is 0 Å². The van der Waals surface area contributed by atoms with E-state index in [-0.39, 0.29) is 0 Å². The molecule has 2 nitrogen and oxygen atoms in total. The first kappa shape index (κ1) is 17.7. The SMILES string of the molecule is CC(CNC1CCN(C)CC1)Cc1ccc([Si](C)(C)C)cc1. The molecular formula is C19H34N2Si. The Balaban J connectivity index is 1.76. The Hall–Kier alpha value is -0.643. The van der Waals surface area contributed by atoms with Gasteiger partial charge in [-0.25, -0.2) is 0 Å². The molecule has 1 aromatic rings. The van der Waals surface area contributed by atoms with Gasteiger partial charge in [-0.2, -0.15) is 0 Å². The lowest BCUT2D eigenvalue weighted by molar-refractivity contribution is 0.230. The summed E-state index contributed by atoms with van der Waals surface area (Å²) < 4.78 is 0. The minimum absolute atomic E-state index is 0.706. The molecule has 0 spiro atoms. The molecule has 22 heavy (non-hydrogen) atoms. The van der Waals surface area contributed by atoms with E-state index < -0.39 is 8.07 Å². The highest BCUT2D eigenvalue weighted by molar-refractivity contribution is 6.88. The lowest BCUT2D eigenvalue weighted by Gasteiger charge is -2.30. The van der Waals surface area contributed by atoms with Gasteiger partial charge in [-0.1, -0.05) is 56.0 Å². The van der Waals surface area contributed by atoms with Crippen molar-refractivity contribution in [1.29, 1.82) is 0 Å². The van der Waals surface area contributed by atoms with Crippen molar-refractivity contribution in [2.45, 2.75) is 51.9 Å². The Kier molecular flexibility index (Phi) is 6.24. The van der Waals surface area contributed by atoms with E-state index in [4.69, 9.17) is 0 Å². The molecule has 1 heterocycles. The van der Waals surface area contributed by atoms with Crippen LogP contribution in [0.3, 0.4) is 0 Å². The predicted octanol–water partition coefficient (Wildman–Crippen LogP) is 3.09. The molecule has 1 aromatic carbocycles. The molecule has 0 amide bonds. The molecule has 1 aliphatic heterocycles. The summed E-state index contributed by atoms with van der Waals surface area (Å²) in [5, 5.41) is 5.34. The molecular weight excluding hydrogens is 284 g/mol. The number of piperidine rings is 1. The molecule has 1 atom stereocenters. The zero-order chi connectivity index (χ0) is 16.2. The molecule has 0 bridgehead atoms. The Bertz CT molecular complexity index is 441. The zero-order valence-corrected chi connectivity index (χ0v) is 16.2. The van der Waals surface area contributed by atoms with Crippen molar-refractivity contribution in [3.05, 3.63) is 29.8 Å². The van der Waals surface area contributed by atoms with Gasteiger partial charge >= 0.3 is 0 Å². The Morgan fingerprint density at radius 3 is 2.27 bits per heavy atom. The van der Waals surface area contributed by atoms with Crippen molar-refractivity contribution in [2.24, 2.45) is 5.92 Å². The number of likely N-dealkylation sites (tertiary alicyclic amines) is 1. The van der Waals surface area contributed by atoms with E-state index in [9.17, 15) is 0 Å². The van der Waals surface area contributed by atoms with Gasteiger partial charge in [0.1, 0.15) is 0 Å². The third-order valence-corrected chi connectivity index (χ3v) is 6.94. The molecule has 1 fully saturated rings. The van der Waals surface area contributed by atoms with E-state index >= 15 is 0 Å². The molecule has 124 valence electrons. The van der Waals surface area contributed by atoms with Gasteiger partial charge in [0.25, 0.3) is 0 Å². The van der Waals surface area contributed by atoms with Gasteiger partial charge < -0.3 is 10.2 Å². The van der Waals surface area contributed by atoms with Crippen molar-refractivity contribution in [2.75, 3.05) is 26.7 Å². The average Bonchev–Trinajstić information content (AvgIpc) is 2.46.